The molecule has 18 heavy (non-hydrogen) atoms. The number of nitrogens with zero attached hydrogens (tertiary/aromatic N) is 1. The number of H-pyrrole nitrogens is 1. The summed E-state index contributed by atoms with van der Waals surface area (Å²) >= 11 is 3.28. The Hall–Kier alpha value is -1.30. The predicted octanol–water partition coefficient (Wildman–Crippen LogP) is 2.71. The number of amides is 2. The van der Waals surface area contributed by atoms with Crippen molar-refractivity contribution in [1.29, 1.82) is 0 Å². The zero-order chi connectivity index (χ0) is 13.5. The minimum Gasteiger partial charge on any atom is -0.443 e. The van der Waals surface area contributed by atoms with Crippen LogP contribution < -0.4 is 0 Å². The van der Waals surface area contributed by atoms with E-state index in [1.165, 1.54) is 0 Å². The van der Waals surface area contributed by atoms with Crippen LogP contribution in [0.2, 0.25) is 0 Å². The maximum Gasteiger partial charge on any atom is 0.417 e. The number of aromatic nitrogens is 1. The molecule has 2 rings (SSSR count). The molecule has 6 heteroatoms. The van der Waals surface area contributed by atoms with E-state index in [4.69, 9.17) is 4.74 Å². The number of fused-ring (bicyclic) bond motifs is 1. The van der Waals surface area contributed by atoms with Gasteiger partial charge in [0, 0.05) is 18.7 Å². The van der Waals surface area contributed by atoms with Crippen LogP contribution >= 0.6 is 15.9 Å². The molecule has 0 spiro atoms. The first-order valence-corrected chi connectivity index (χ1v) is 6.49. The third-order valence-corrected chi connectivity index (χ3v) is 2.97. The maximum absolute atomic E-state index is 12.1. The summed E-state index contributed by atoms with van der Waals surface area (Å²) in [6.07, 6.45) is 0.0295. The zero-order valence-corrected chi connectivity index (χ0v) is 12.1. The molecule has 0 unspecified atom stereocenters. The molecule has 0 atom stereocenters. The van der Waals surface area contributed by atoms with E-state index in [1.54, 1.807) is 26.8 Å². The summed E-state index contributed by atoms with van der Waals surface area (Å²) in [4.78, 5) is 28.2. The minimum atomic E-state index is -0.601. The first kappa shape index (κ1) is 13.1. The van der Waals surface area contributed by atoms with Crippen molar-refractivity contribution in [3.63, 3.8) is 0 Å². The third-order valence-electron chi connectivity index (χ3n) is 2.54. The van der Waals surface area contributed by atoms with Crippen LogP contribution in [0.5, 0.6) is 0 Å². The van der Waals surface area contributed by atoms with Gasteiger partial charge in [0.25, 0.3) is 5.91 Å². The van der Waals surface area contributed by atoms with Gasteiger partial charge in [0.05, 0.1) is 10.2 Å². The summed E-state index contributed by atoms with van der Waals surface area (Å²) < 4.78 is 5.96. The molecular weight excluding hydrogens is 300 g/mol. The molecule has 0 fully saturated rings. The Kier molecular flexibility index (Phi) is 3.23. The summed E-state index contributed by atoms with van der Waals surface area (Å²) in [5.41, 5.74) is 0.779. The van der Waals surface area contributed by atoms with E-state index in [0.29, 0.717) is 18.5 Å². The highest BCUT2D eigenvalue weighted by atomic mass is 79.9. The average molecular weight is 315 g/mol. The van der Waals surface area contributed by atoms with Gasteiger partial charge in [-0.2, -0.15) is 0 Å². The highest BCUT2D eigenvalue weighted by Gasteiger charge is 2.33. The second kappa shape index (κ2) is 4.42. The summed E-state index contributed by atoms with van der Waals surface area (Å²) in [5, 5.41) is 0. The Balaban J connectivity index is 2.19. The fourth-order valence-corrected chi connectivity index (χ4v) is 2.28. The largest absolute Gasteiger partial charge is 0.443 e. The van der Waals surface area contributed by atoms with E-state index in [0.717, 1.165) is 15.2 Å². The number of carbonyl (C=O) groups is 2. The van der Waals surface area contributed by atoms with Gasteiger partial charge >= 0.3 is 6.09 Å². The van der Waals surface area contributed by atoms with E-state index in [-0.39, 0.29) is 5.91 Å². The lowest BCUT2D eigenvalue weighted by Gasteiger charge is -2.28. The van der Waals surface area contributed by atoms with E-state index in [9.17, 15) is 9.59 Å². The van der Waals surface area contributed by atoms with Gasteiger partial charge in [-0.05, 0) is 42.8 Å². The summed E-state index contributed by atoms with van der Waals surface area (Å²) in [7, 11) is 0. The average Bonchev–Trinajstić information content (AvgIpc) is 2.57. The number of aromatic amines is 1. The molecule has 0 saturated carbocycles. The molecule has 1 aromatic heterocycles. The number of halogens is 1. The Morgan fingerprint density at radius 2 is 2.17 bits per heavy atom. The lowest BCUT2D eigenvalue weighted by molar-refractivity contribution is 0.0233. The summed E-state index contributed by atoms with van der Waals surface area (Å²) in [5.74, 6) is -0.313. The van der Waals surface area contributed by atoms with Gasteiger partial charge < -0.3 is 9.72 Å². The number of carbonyl (C=O) groups excluding carboxylic acids is 2. The Morgan fingerprint density at radius 1 is 1.50 bits per heavy atom. The molecule has 0 aliphatic carbocycles. The van der Waals surface area contributed by atoms with Gasteiger partial charge in [0.1, 0.15) is 5.60 Å². The number of nitrogens with one attached hydrogen (secondary N) is 1. The molecule has 2 heterocycles. The molecule has 0 saturated heterocycles. The molecule has 1 aliphatic heterocycles. The second-order valence-corrected chi connectivity index (χ2v) is 6.05. The molecule has 0 bridgehead atoms. The first-order valence-electron chi connectivity index (χ1n) is 5.70. The van der Waals surface area contributed by atoms with E-state index >= 15 is 0 Å². The number of rotatable bonds is 0. The normalized spacial score (nSPS) is 15.6. The predicted molar refractivity (Wildman–Crippen MR) is 69.5 cm³/mol. The Morgan fingerprint density at radius 3 is 2.78 bits per heavy atom. The molecule has 0 aromatic carbocycles. The van der Waals surface area contributed by atoms with Crippen molar-refractivity contribution in [3.05, 3.63) is 21.9 Å². The lowest BCUT2D eigenvalue weighted by atomic mass is 10.1. The summed E-state index contributed by atoms with van der Waals surface area (Å²) in [6, 6.07) is 1.69. The maximum atomic E-state index is 12.1. The van der Waals surface area contributed by atoms with Gasteiger partial charge in [-0.1, -0.05) is 0 Å². The van der Waals surface area contributed by atoms with Crippen molar-refractivity contribution >= 4 is 27.9 Å². The van der Waals surface area contributed by atoms with Crippen LogP contribution in [-0.2, 0) is 11.2 Å². The fourth-order valence-electron chi connectivity index (χ4n) is 1.81. The lowest BCUT2D eigenvalue weighted by Crippen LogP contribution is -2.44. The van der Waals surface area contributed by atoms with Crippen molar-refractivity contribution in [2.24, 2.45) is 0 Å². The number of ether oxygens (including phenoxy) is 1. The van der Waals surface area contributed by atoms with Crippen LogP contribution in [0.15, 0.2) is 10.7 Å². The Bertz CT molecular complexity index is 502. The number of hydrogen-bond donors (Lipinski definition) is 1. The van der Waals surface area contributed by atoms with E-state index in [1.807, 2.05) is 0 Å². The van der Waals surface area contributed by atoms with E-state index in [2.05, 4.69) is 20.9 Å². The van der Waals surface area contributed by atoms with Crippen molar-refractivity contribution in [2.75, 3.05) is 6.54 Å². The molecule has 1 aliphatic rings. The fraction of sp³-hybridized carbons (Fsp3) is 0.500. The molecule has 5 nitrogen and oxygen atoms in total. The van der Waals surface area contributed by atoms with Crippen molar-refractivity contribution in [3.8, 4) is 0 Å². The van der Waals surface area contributed by atoms with Gasteiger partial charge in [-0.25, -0.2) is 9.69 Å². The molecule has 0 radical (unpaired) electrons. The number of hydrogen-bond acceptors (Lipinski definition) is 3. The van der Waals surface area contributed by atoms with E-state index < -0.39 is 11.7 Å². The highest BCUT2D eigenvalue weighted by molar-refractivity contribution is 9.10. The second-order valence-electron chi connectivity index (χ2n) is 5.20. The Labute approximate surface area is 114 Å². The van der Waals surface area contributed by atoms with Gasteiger partial charge in [-0.3, -0.25) is 4.79 Å². The van der Waals surface area contributed by atoms with Crippen LogP contribution in [0.1, 0.15) is 36.8 Å². The van der Waals surface area contributed by atoms with Crippen LogP contribution in [0.4, 0.5) is 4.79 Å². The van der Waals surface area contributed by atoms with Crippen LogP contribution in [0.3, 0.4) is 0 Å². The van der Waals surface area contributed by atoms with Crippen LogP contribution in [0, 0.1) is 0 Å². The minimum absolute atomic E-state index is 0.313. The molecular formula is C12H15BrN2O3. The smallest absolute Gasteiger partial charge is 0.417 e. The molecule has 1 N–H and O–H groups in total. The van der Waals surface area contributed by atoms with Gasteiger partial charge in [-0.15, -0.1) is 0 Å². The van der Waals surface area contributed by atoms with Crippen LogP contribution in [-0.4, -0.2) is 34.0 Å². The first-order chi connectivity index (χ1) is 8.28. The van der Waals surface area contributed by atoms with Crippen LogP contribution in [0.25, 0.3) is 0 Å². The van der Waals surface area contributed by atoms with Crippen molar-refractivity contribution in [1.82, 2.24) is 9.88 Å². The van der Waals surface area contributed by atoms with Gasteiger partial charge in [0.15, 0.2) is 0 Å². The van der Waals surface area contributed by atoms with Gasteiger partial charge in [0.2, 0.25) is 0 Å². The SMILES string of the molecule is CC(C)(C)OC(=O)N1CCc2[nH]c(Br)cc2C1=O. The monoisotopic (exact) mass is 314 g/mol. The quantitative estimate of drug-likeness (QED) is 0.801. The topological polar surface area (TPSA) is 62.4 Å². The third kappa shape index (κ3) is 2.58. The van der Waals surface area contributed by atoms with Crippen molar-refractivity contribution < 1.29 is 14.3 Å². The standard InChI is InChI=1S/C12H15BrN2O3/c1-12(2,3)18-11(17)15-5-4-8-7(10(15)16)6-9(13)14-8/h6,14H,4-5H2,1-3H3. The molecule has 2 amide bonds. The summed E-state index contributed by atoms with van der Waals surface area (Å²) in [6.45, 7) is 5.67. The number of imide groups is 1. The molecule has 1 aromatic rings. The highest BCUT2D eigenvalue weighted by Crippen LogP contribution is 2.23. The van der Waals surface area contributed by atoms with Crippen molar-refractivity contribution in [2.45, 2.75) is 32.8 Å². The zero-order valence-electron chi connectivity index (χ0n) is 10.5. The molecule has 98 valence electrons.